The van der Waals surface area contributed by atoms with Crippen LogP contribution in [0.25, 0.3) is 10.9 Å². The number of fused-ring (bicyclic) bond motifs is 5. The molecule has 17 heteroatoms. The second-order valence-electron chi connectivity index (χ2n) is 16.7. The number of allylic oxidation sites excluding steroid dienone is 1. The molecule has 304 valence electrons. The lowest BCUT2D eigenvalue weighted by atomic mass is 9.87. The minimum Gasteiger partial charge on any atom is -0.483 e. The molecule has 0 radical (unpaired) electrons. The number of amides is 4. The molecule has 3 aliphatic heterocycles. The number of hydrogen-bond donors (Lipinski definition) is 3. The number of carbonyl (C=O) groups is 4. The van der Waals surface area contributed by atoms with Gasteiger partial charge in [-0.1, -0.05) is 57.0 Å². The normalized spacial score (nSPS) is 29.5. The number of nitrogens with zero attached hydrogens (tertiary/aromatic N) is 2. The molecule has 4 heterocycles. The van der Waals surface area contributed by atoms with Gasteiger partial charge in [-0.25, -0.2) is 18.2 Å². The number of hydrogen-bond acceptors (Lipinski definition) is 9. The van der Waals surface area contributed by atoms with Crippen LogP contribution in [-0.4, -0.2) is 83.2 Å². The quantitative estimate of drug-likeness (QED) is 0.338. The number of aryl methyl sites for hydroxylation is 1. The number of aromatic nitrogens is 1. The Hall–Kier alpha value is -4.41. The van der Waals surface area contributed by atoms with E-state index in [4.69, 9.17) is 9.47 Å². The van der Waals surface area contributed by atoms with Crippen LogP contribution in [0.2, 0.25) is 0 Å². The number of para-hydroxylation sites is 1. The molecule has 3 N–H and O–H groups in total. The summed E-state index contributed by atoms with van der Waals surface area (Å²) in [5.41, 5.74) is -3.88. The van der Waals surface area contributed by atoms with Gasteiger partial charge in [-0.05, 0) is 70.3 Å². The molecule has 7 rings (SSSR count). The monoisotopic (exact) mass is 803 g/mol. The lowest BCUT2D eigenvalue weighted by molar-refractivity contribution is -0.144. The molecule has 4 amide bonds. The second kappa shape index (κ2) is 14.5. The summed E-state index contributed by atoms with van der Waals surface area (Å²) in [6.45, 7) is 5.03. The summed E-state index contributed by atoms with van der Waals surface area (Å²) in [4.78, 5) is 61.2. The first-order chi connectivity index (χ1) is 26.4. The maximum absolute atomic E-state index is 14.6. The molecule has 2 aliphatic carbocycles. The minimum atomic E-state index is -4.89. The Bertz CT molecular complexity index is 2070. The maximum atomic E-state index is 14.6. The fourth-order valence-electron chi connectivity index (χ4n) is 8.10. The fourth-order valence-corrected chi connectivity index (χ4v) is 9.41. The van der Waals surface area contributed by atoms with Crippen molar-refractivity contribution in [2.24, 2.45) is 11.8 Å². The number of benzene rings is 1. The molecule has 56 heavy (non-hydrogen) atoms. The van der Waals surface area contributed by atoms with Crippen molar-refractivity contribution in [1.29, 1.82) is 0 Å². The van der Waals surface area contributed by atoms with Crippen LogP contribution in [0.5, 0.6) is 5.75 Å². The molecular weight excluding hydrogens is 756 g/mol. The first kappa shape index (κ1) is 39.8. The molecule has 1 saturated heterocycles. The zero-order valence-electron chi connectivity index (χ0n) is 31.7. The van der Waals surface area contributed by atoms with E-state index in [2.05, 4.69) is 20.3 Å². The predicted octanol–water partition coefficient (Wildman–Crippen LogP) is 5.06. The lowest BCUT2D eigenvalue weighted by Gasteiger charge is -2.37. The van der Waals surface area contributed by atoms with Crippen molar-refractivity contribution >= 4 is 44.7 Å². The third kappa shape index (κ3) is 7.67. The van der Waals surface area contributed by atoms with Gasteiger partial charge in [-0.3, -0.25) is 19.1 Å². The molecule has 3 fully saturated rings. The Morgan fingerprint density at radius 3 is 2.57 bits per heavy atom. The van der Waals surface area contributed by atoms with Crippen LogP contribution in [0.1, 0.15) is 96.2 Å². The highest BCUT2D eigenvalue weighted by molar-refractivity contribution is 7.91. The highest BCUT2D eigenvalue weighted by atomic mass is 32.2. The SMILES string of the molecule is CC(C)COC(=O)N[C@H]1CCCCC/C=C\[C@@H]2C[C@@]2(C(=O)NS(=O)(=O)C2(C)CC2)NC(=O)[C@@H]2C[C@]3(CCc4c(c(C(F)(F)F)nc5ccccc45)O3)CN2C1=O. The molecular formula is C39H48F3N5O8S. The van der Waals surface area contributed by atoms with E-state index >= 15 is 0 Å². The van der Waals surface area contributed by atoms with Crippen molar-refractivity contribution in [2.45, 2.75) is 126 Å². The Labute approximate surface area is 323 Å². The maximum Gasteiger partial charge on any atom is 0.437 e. The van der Waals surface area contributed by atoms with Gasteiger partial charge in [0.05, 0.1) is 23.4 Å². The fraction of sp³-hybridized carbons (Fsp3) is 0.615. The number of sulfonamides is 1. The number of alkyl halides is 3. The van der Waals surface area contributed by atoms with E-state index in [1.54, 1.807) is 24.3 Å². The van der Waals surface area contributed by atoms with Gasteiger partial charge in [-0.15, -0.1) is 0 Å². The average molecular weight is 804 g/mol. The molecule has 5 aliphatic rings. The zero-order chi connectivity index (χ0) is 40.3. The second-order valence-corrected chi connectivity index (χ2v) is 18.9. The van der Waals surface area contributed by atoms with Crippen LogP contribution in [-0.2, 0) is 41.7 Å². The highest BCUT2D eigenvalue weighted by Crippen LogP contribution is 2.50. The van der Waals surface area contributed by atoms with Crippen LogP contribution < -0.4 is 20.1 Å². The zero-order valence-corrected chi connectivity index (χ0v) is 32.5. The van der Waals surface area contributed by atoms with E-state index in [0.717, 1.165) is 0 Å². The smallest absolute Gasteiger partial charge is 0.437 e. The standard InChI is InChI=1S/C39H48F3N5O8S/c1-23(2)21-54-35(51)44-28-14-8-6-4-5-7-11-24-19-38(24,34(50)46-56(52,53)36(3)17-18-36)45-32(48)29-20-37(22-47(29)33(28)49)16-15-26-25-12-9-10-13-27(25)43-31(30(26)55-37)39(40,41)42/h7,9-13,23-24,28-29H,4-6,8,14-22H2,1-3H3,(H,44,51)(H,45,48)(H,46,50)/b11-7-/t24-,28+,29+,37-,38-/m1/s1. The van der Waals surface area contributed by atoms with Crippen molar-refractivity contribution in [3.8, 4) is 5.75 Å². The van der Waals surface area contributed by atoms with Crippen LogP contribution in [0.3, 0.4) is 0 Å². The van der Waals surface area contributed by atoms with E-state index in [0.29, 0.717) is 49.5 Å². The lowest BCUT2D eigenvalue weighted by Crippen LogP contribution is -2.58. The van der Waals surface area contributed by atoms with Gasteiger partial charge in [0, 0.05) is 23.3 Å². The van der Waals surface area contributed by atoms with E-state index < -0.39 is 85.3 Å². The van der Waals surface area contributed by atoms with Gasteiger partial charge in [0.2, 0.25) is 21.8 Å². The van der Waals surface area contributed by atoms with Gasteiger partial charge in [0.25, 0.3) is 5.91 Å². The molecule has 13 nitrogen and oxygen atoms in total. The van der Waals surface area contributed by atoms with Gasteiger partial charge in [-0.2, -0.15) is 13.2 Å². The summed E-state index contributed by atoms with van der Waals surface area (Å²) < 4.78 is 82.9. The molecule has 1 aromatic heterocycles. The Morgan fingerprint density at radius 1 is 1.11 bits per heavy atom. The van der Waals surface area contributed by atoms with Gasteiger partial charge >= 0.3 is 12.3 Å². The number of carbonyl (C=O) groups excluding carboxylic acids is 4. The highest BCUT2D eigenvalue weighted by Gasteiger charge is 2.64. The average Bonchev–Trinajstić information content (AvgIpc) is 4.03. The number of pyridine rings is 1. The van der Waals surface area contributed by atoms with E-state index in [1.165, 1.54) is 17.9 Å². The molecule has 1 spiro atoms. The largest absolute Gasteiger partial charge is 0.483 e. The van der Waals surface area contributed by atoms with Gasteiger partial charge < -0.3 is 25.0 Å². The molecule has 2 aromatic rings. The Kier molecular flexibility index (Phi) is 10.3. The van der Waals surface area contributed by atoms with E-state index in [-0.39, 0.29) is 56.7 Å². The van der Waals surface area contributed by atoms with Crippen LogP contribution in [0.15, 0.2) is 36.4 Å². The van der Waals surface area contributed by atoms with Crippen LogP contribution >= 0.6 is 0 Å². The van der Waals surface area contributed by atoms with Crippen LogP contribution in [0.4, 0.5) is 18.0 Å². The topological polar surface area (TPSA) is 173 Å². The summed E-state index contributed by atoms with van der Waals surface area (Å²) in [7, 11) is -4.08. The molecule has 0 bridgehead atoms. The molecule has 5 atom stereocenters. The van der Waals surface area contributed by atoms with Gasteiger partial charge in [0.1, 0.15) is 23.2 Å². The number of rotatable bonds is 6. The van der Waals surface area contributed by atoms with E-state index in [9.17, 15) is 40.8 Å². The molecule has 2 saturated carbocycles. The summed E-state index contributed by atoms with van der Waals surface area (Å²) in [5.74, 6) is -3.35. The van der Waals surface area contributed by atoms with Crippen LogP contribution in [0, 0.1) is 11.8 Å². The molecule has 0 unspecified atom stereocenters. The number of halogens is 3. The van der Waals surface area contributed by atoms with Crippen molar-refractivity contribution in [3.05, 3.63) is 47.7 Å². The predicted molar refractivity (Wildman–Crippen MR) is 198 cm³/mol. The van der Waals surface area contributed by atoms with Gasteiger partial charge in [0.15, 0.2) is 11.4 Å². The number of alkyl carbamates (subject to hydrolysis) is 1. The number of nitrogens with one attached hydrogen (secondary N) is 3. The number of ether oxygens (including phenoxy) is 2. The van der Waals surface area contributed by atoms with Crippen molar-refractivity contribution in [3.63, 3.8) is 0 Å². The summed E-state index contributed by atoms with van der Waals surface area (Å²) >= 11 is 0. The summed E-state index contributed by atoms with van der Waals surface area (Å²) in [6, 6.07) is 3.94. The minimum absolute atomic E-state index is 0.0152. The first-order valence-corrected chi connectivity index (χ1v) is 20.8. The Balaban J connectivity index is 1.25. The van der Waals surface area contributed by atoms with E-state index in [1.807, 2.05) is 19.9 Å². The van der Waals surface area contributed by atoms with Crippen molar-refractivity contribution < 1.29 is 50.2 Å². The summed E-state index contributed by atoms with van der Waals surface area (Å²) in [5, 5.41) is 5.94. The van der Waals surface area contributed by atoms with Crippen molar-refractivity contribution in [1.82, 2.24) is 25.2 Å². The summed E-state index contributed by atoms with van der Waals surface area (Å²) in [6.07, 6.45) is 1.56. The van der Waals surface area contributed by atoms with Crippen molar-refractivity contribution in [2.75, 3.05) is 13.2 Å². The first-order valence-electron chi connectivity index (χ1n) is 19.3. The molecule has 1 aromatic carbocycles. The Morgan fingerprint density at radius 2 is 1.86 bits per heavy atom. The third-order valence-corrected chi connectivity index (χ3v) is 14.0. The third-order valence-electron chi connectivity index (χ3n) is 11.8.